The molecule has 0 aliphatic heterocycles. The van der Waals surface area contributed by atoms with Crippen LogP contribution in [0.2, 0.25) is 0 Å². The van der Waals surface area contributed by atoms with E-state index in [1.54, 1.807) is 0 Å². The second-order valence-electron chi connectivity index (χ2n) is 15.3. The number of benzene rings is 8. The SMILES string of the molecule is N#Cc1ccc(-c2ccc3c(c2)c2ccccc2n3-c2cc(-c3cccc(-c4ccccc4)n3)cc(-n3c4ccccc4c4cc(-c5ccc(C#N)cc5)ccc43)c2C#N)cc1. The second-order valence-corrected chi connectivity index (χ2v) is 15.3. The predicted octanol–water partition coefficient (Wildman–Crippen LogP) is 13.6. The van der Waals surface area contributed by atoms with Crippen molar-refractivity contribution in [1.29, 1.82) is 15.8 Å². The number of rotatable bonds is 6. The van der Waals surface area contributed by atoms with Gasteiger partial charge < -0.3 is 9.13 Å². The molecule has 0 spiro atoms. The van der Waals surface area contributed by atoms with Crippen LogP contribution in [0.3, 0.4) is 0 Å². The number of fused-ring (bicyclic) bond motifs is 6. The molecule has 0 fully saturated rings. The van der Waals surface area contributed by atoms with Crippen LogP contribution in [0.4, 0.5) is 0 Å². The van der Waals surface area contributed by atoms with Gasteiger partial charge in [0.2, 0.25) is 0 Å². The predicted molar refractivity (Wildman–Crippen MR) is 249 cm³/mol. The van der Waals surface area contributed by atoms with Crippen LogP contribution in [-0.2, 0) is 0 Å². The van der Waals surface area contributed by atoms with Gasteiger partial charge in [0, 0.05) is 32.7 Å². The highest BCUT2D eigenvalue weighted by atomic mass is 15.0. The Kier molecular flexibility index (Phi) is 8.54. The Labute approximate surface area is 357 Å². The standard InChI is InChI=1S/C56H32N6/c57-33-36-17-21-38(22-18-36)41-25-27-53-46(29-41)44-11-4-6-15-51(44)61(53)55-31-43(50-14-8-13-49(60-50)40-9-2-1-3-10-40)32-56(48(55)35-59)62-52-16-7-5-12-45(52)47-30-42(26-28-54(47)62)39-23-19-37(34-58)20-24-39/h1-32H. The van der Waals surface area contributed by atoms with Crippen LogP contribution in [0, 0.1) is 34.0 Å². The Bertz CT molecular complexity index is 3510. The van der Waals surface area contributed by atoms with Crippen LogP contribution in [0.5, 0.6) is 0 Å². The van der Waals surface area contributed by atoms with E-state index in [2.05, 4.69) is 124 Å². The monoisotopic (exact) mass is 788 g/mol. The number of pyridine rings is 1. The number of hydrogen-bond acceptors (Lipinski definition) is 4. The normalized spacial score (nSPS) is 11.2. The lowest BCUT2D eigenvalue weighted by Crippen LogP contribution is -2.05. The number of nitriles is 3. The summed E-state index contributed by atoms with van der Waals surface area (Å²) in [7, 11) is 0. The molecule has 0 bridgehead atoms. The highest BCUT2D eigenvalue weighted by Crippen LogP contribution is 2.42. The van der Waals surface area contributed by atoms with Gasteiger partial charge in [-0.1, -0.05) is 109 Å². The van der Waals surface area contributed by atoms with Gasteiger partial charge in [-0.3, -0.25) is 0 Å². The molecule has 62 heavy (non-hydrogen) atoms. The molecule has 0 aliphatic rings. The summed E-state index contributed by atoms with van der Waals surface area (Å²) in [5, 5.41) is 34.6. The topological polar surface area (TPSA) is 94.1 Å². The minimum Gasteiger partial charge on any atom is -0.308 e. The zero-order chi connectivity index (χ0) is 41.7. The van der Waals surface area contributed by atoms with Gasteiger partial charge in [-0.15, -0.1) is 0 Å². The van der Waals surface area contributed by atoms with Crippen LogP contribution in [0.25, 0.3) is 99.8 Å². The average Bonchev–Trinajstić information content (AvgIpc) is 3.86. The van der Waals surface area contributed by atoms with Crippen molar-refractivity contribution in [3.05, 3.63) is 211 Å². The van der Waals surface area contributed by atoms with E-state index in [0.717, 1.165) is 99.8 Å². The first-order chi connectivity index (χ1) is 30.6. The van der Waals surface area contributed by atoms with Gasteiger partial charge in [0.25, 0.3) is 0 Å². The molecule has 11 rings (SSSR count). The van der Waals surface area contributed by atoms with Gasteiger partial charge >= 0.3 is 0 Å². The number of nitrogens with zero attached hydrogens (tertiary/aromatic N) is 6. The molecular formula is C56H32N6. The first-order valence-electron chi connectivity index (χ1n) is 20.3. The van der Waals surface area contributed by atoms with E-state index >= 15 is 0 Å². The maximum Gasteiger partial charge on any atom is 0.104 e. The molecule has 0 radical (unpaired) electrons. The fourth-order valence-electron chi connectivity index (χ4n) is 8.89. The van der Waals surface area contributed by atoms with Crippen LogP contribution in [-0.4, -0.2) is 14.1 Å². The summed E-state index contributed by atoms with van der Waals surface area (Å²) in [4.78, 5) is 5.24. The molecular weight excluding hydrogens is 757 g/mol. The maximum absolute atomic E-state index is 11.5. The quantitative estimate of drug-likeness (QED) is 0.168. The molecule has 0 unspecified atom stereocenters. The van der Waals surface area contributed by atoms with Crippen LogP contribution >= 0.6 is 0 Å². The minimum atomic E-state index is 0.519. The van der Waals surface area contributed by atoms with Crippen molar-refractivity contribution in [2.75, 3.05) is 0 Å². The first kappa shape index (κ1) is 36.1. The summed E-state index contributed by atoms with van der Waals surface area (Å²) >= 11 is 0. The lowest BCUT2D eigenvalue weighted by Gasteiger charge is -2.18. The van der Waals surface area contributed by atoms with Gasteiger partial charge in [0.1, 0.15) is 11.6 Å². The lowest BCUT2D eigenvalue weighted by atomic mass is 10.0. The van der Waals surface area contributed by atoms with Crippen molar-refractivity contribution in [2.24, 2.45) is 0 Å². The number of para-hydroxylation sites is 2. The molecule has 0 saturated heterocycles. The van der Waals surface area contributed by atoms with E-state index in [1.165, 1.54) is 0 Å². The third-order valence-corrected chi connectivity index (χ3v) is 11.8. The van der Waals surface area contributed by atoms with Gasteiger partial charge in [0.15, 0.2) is 0 Å². The van der Waals surface area contributed by atoms with E-state index in [9.17, 15) is 15.8 Å². The molecule has 3 aromatic heterocycles. The van der Waals surface area contributed by atoms with E-state index in [-0.39, 0.29) is 0 Å². The Morgan fingerprint density at radius 1 is 0.323 bits per heavy atom. The smallest absolute Gasteiger partial charge is 0.104 e. The molecule has 0 N–H and O–H groups in total. The third-order valence-electron chi connectivity index (χ3n) is 11.8. The van der Waals surface area contributed by atoms with Crippen molar-refractivity contribution >= 4 is 43.6 Å². The van der Waals surface area contributed by atoms with Crippen molar-refractivity contribution in [3.63, 3.8) is 0 Å². The van der Waals surface area contributed by atoms with Gasteiger partial charge in [-0.2, -0.15) is 15.8 Å². The lowest BCUT2D eigenvalue weighted by molar-refractivity contribution is 1.12. The van der Waals surface area contributed by atoms with E-state index in [1.807, 2.05) is 97.1 Å². The van der Waals surface area contributed by atoms with Gasteiger partial charge in [0.05, 0.1) is 68.1 Å². The van der Waals surface area contributed by atoms with Crippen molar-refractivity contribution in [3.8, 4) is 74.4 Å². The first-order valence-corrected chi connectivity index (χ1v) is 20.3. The summed E-state index contributed by atoms with van der Waals surface area (Å²) in [5.41, 5.74) is 14.7. The van der Waals surface area contributed by atoms with Crippen molar-refractivity contribution in [1.82, 2.24) is 14.1 Å². The Balaban J connectivity index is 1.20. The molecule has 0 atom stereocenters. The Morgan fingerprint density at radius 3 is 1.24 bits per heavy atom. The molecule has 0 saturated carbocycles. The summed E-state index contributed by atoms with van der Waals surface area (Å²) in [6.45, 7) is 0. The highest BCUT2D eigenvalue weighted by Gasteiger charge is 2.23. The van der Waals surface area contributed by atoms with Crippen LogP contribution in [0.15, 0.2) is 194 Å². The van der Waals surface area contributed by atoms with E-state index < -0.39 is 0 Å². The summed E-state index contributed by atoms with van der Waals surface area (Å²) in [5.74, 6) is 0. The number of aromatic nitrogens is 3. The van der Waals surface area contributed by atoms with Gasteiger partial charge in [-0.25, -0.2) is 4.98 Å². The fraction of sp³-hybridized carbons (Fsp3) is 0. The molecule has 0 amide bonds. The van der Waals surface area contributed by atoms with Crippen molar-refractivity contribution < 1.29 is 0 Å². The van der Waals surface area contributed by atoms with Gasteiger partial charge in [-0.05, 0) is 107 Å². The molecule has 3 heterocycles. The van der Waals surface area contributed by atoms with Crippen LogP contribution in [0.1, 0.15) is 16.7 Å². The Morgan fingerprint density at radius 2 is 0.758 bits per heavy atom. The fourth-order valence-corrected chi connectivity index (χ4v) is 8.89. The zero-order valence-electron chi connectivity index (χ0n) is 33.2. The number of hydrogen-bond donors (Lipinski definition) is 0. The largest absolute Gasteiger partial charge is 0.308 e. The highest BCUT2D eigenvalue weighted by molar-refractivity contribution is 6.12. The molecule has 6 nitrogen and oxygen atoms in total. The molecule has 0 aliphatic carbocycles. The zero-order valence-corrected chi connectivity index (χ0v) is 33.2. The molecule has 286 valence electrons. The van der Waals surface area contributed by atoms with E-state index in [0.29, 0.717) is 16.7 Å². The molecule has 6 heteroatoms. The van der Waals surface area contributed by atoms with Crippen LogP contribution < -0.4 is 0 Å². The second kappa shape index (κ2) is 14.7. The summed E-state index contributed by atoms with van der Waals surface area (Å²) in [6, 6.07) is 72.5. The average molecular weight is 789 g/mol. The van der Waals surface area contributed by atoms with Crippen molar-refractivity contribution in [2.45, 2.75) is 0 Å². The maximum atomic E-state index is 11.5. The summed E-state index contributed by atoms with van der Waals surface area (Å²) < 4.78 is 4.44. The minimum absolute atomic E-state index is 0.519. The van der Waals surface area contributed by atoms with E-state index in [4.69, 9.17) is 4.98 Å². The summed E-state index contributed by atoms with van der Waals surface area (Å²) in [6.07, 6.45) is 0. The molecule has 8 aromatic carbocycles. The Hall–Kier alpha value is -9.02. The molecule has 11 aromatic rings. The third kappa shape index (κ3) is 5.89.